The van der Waals surface area contributed by atoms with Gasteiger partial charge in [0.25, 0.3) is 0 Å². The summed E-state index contributed by atoms with van der Waals surface area (Å²) in [5.74, 6) is 0. The molecule has 2 heterocycles. The van der Waals surface area contributed by atoms with Gasteiger partial charge in [0.05, 0.1) is 47.1 Å². The number of hydrogen-bond acceptors (Lipinski definition) is 7. The number of ether oxygens (including phenoxy) is 2. The average molecular weight is 596 g/mol. The van der Waals surface area contributed by atoms with Gasteiger partial charge in [0.2, 0.25) is 20.0 Å². The van der Waals surface area contributed by atoms with Crippen molar-refractivity contribution in [1.29, 1.82) is 0 Å². The van der Waals surface area contributed by atoms with Crippen LogP contribution in [-0.2, 0) is 29.5 Å². The first-order valence-electron chi connectivity index (χ1n) is 10.9. The first kappa shape index (κ1) is 27.5. The molecule has 36 heavy (non-hydrogen) atoms. The van der Waals surface area contributed by atoms with Gasteiger partial charge in [-0.3, -0.25) is 0 Å². The maximum Gasteiger partial charge on any atom is 0.244 e. The molecule has 0 atom stereocenters. The minimum atomic E-state index is -3.83. The van der Waals surface area contributed by atoms with Crippen molar-refractivity contribution in [2.75, 3.05) is 63.2 Å². The molecule has 0 aromatic heterocycles. The minimum Gasteiger partial charge on any atom is -0.379 e. The highest BCUT2D eigenvalue weighted by Gasteiger charge is 2.29. The molecule has 2 aliphatic rings. The van der Waals surface area contributed by atoms with Crippen LogP contribution in [0.2, 0.25) is 10.0 Å². The fourth-order valence-corrected chi connectivity index (χ4v) is 7.42. The van der Waals surface area contributed by atoms with Crippen molar-refractivity contribution in [2.45, 2.75) is 9.79 Å². The van der Waals surface area contributed by atoms with Crippen LogP contribution < -0.4 is 10.6 Å². The molecule has 2 N–H and O–H groups in total. The van der Waals surface area contributed by atoms with Gasteiger partial charge in [0.1, 0.15) is 4.90 Å². The second kappa shape index (κ2) is 11.5. The molecule has 2 fully saturated rings. The lowest BCUT2D eigenvalue weighted by atomic mass is 10.3. The molecule has 0 bridgehead atoms. The number of nitrogens with zero attached hydrogens (tertiary/aromatic N) is 2. The van der Waals surface area contributed by atoms with Crippen molar-refractivity contribution < 1.29 is 26.3 Å². The average Bonchev–Trinajstić information content (AvgIpc) is 2.87. The summed E-state index contributed by atoms with van der Waals surface area (Å²) in [6.07, 6.45) is 0. The zero-order chi connectivity index (χ0) is 25.9. The summed E-state index contributed by atoms with van der Waals surface area (Å²) in [6.45, 7) is 2.27. The third kappa shape index (κ3) is 6.11. The van der Waals surface area contributed by atoms with Gasteiger partial charge in [-0.05, 0) is 48.6 Å². The second-order valence-electron chi connectivity index (χ2n) is 7.90. The minimum absolute atomic E-state index is 0.0597. The fourth-order valence-electron chi connectivity index (χ4n) is 3.69. The van der Waals surface area contributed by atoms with E-state index in [0.717, 1.165) is 0 Å². The van der Waals surface area contributed by atoms with Gasteiger partial charge in [-0.2, -0.15) is 8.61 Å². The van der Waals surface area contributed by atoms with E-state index in [1.165, 1.54) is 38.9 Å². The Balaban J connectivity index is 1.51. The highest BCUT2D eigenvalue weighted by atomic mass is 35.5. The predicted octanol–water partition coefficient (Wildman–Crippen LogP) is 2.84. The van der Waals surface area contributed by atoms with E-state index >= 15 is 0 Å². The molecule has 0 unspecified atom stereocenters. The second-order valence-corrected chi connectivity index (χ2v) is 13.0. The largest absolute Gasteiger partial charge is 0.379 e. The number of hydrogen-bond donors (Lipinski definition) is 2. The lowest BCUT2D eigenvalue weighted by molar-refractivity contribution is 0.0730. The van der Waals surface area contributed by atoms with Gasteiger partial charge in [0.15, 0.2) is 5.11 Å². The van der Waals surface area contributed by atoms with Crippen molar-refractivity contribution in [1.82, 2.24) is 8.61 Å². The molecular weight excluding hydrogens is 571 g/mol. The first-order valence-corrected chi connectivity index (χ1v) is 15.0. The molecule has 0 radical (unpaired) electrons. The highest BCUT2D eigenvalue weighted by Crippen LogP contribution is 2.30. The van der Waals surface area contributed by atoms with Gasteiger partial charge >= 0.3 is 0 Å². The molecule has 2 saturated heterocycles. The highest BCUT2D eigenvalue weighted by molar-refractivity contribution is 7.89. The standard InChI is InChI=1S/C21H24Cl2N4O6S3/c22-17-4-2-16(35(28,29)26-5-9-32-10-6-26)14-19(17)25-21(34)24-15-1-3-18(23)20(13-15)36(30,31)27-7-11-33-12-8-27/h1-4,13-14H,5-12H2,(H2,24,25,34). The van der Waals surface area contributed by atoms with Gasteiger partial charge in [-0.15, -0.1) is 0 Å². The van der Waals surface area contributed by atoms with E-state index in [2.05, 4.69) is 10.6 Å². The maximum absolute atomic E-state index is 13.1. The molecule has 2 aliphatic heterocycles. The van der Waals surface area contributed by atoms with Gasteiger partial charge in [-0.1, -0.05) is 23.2 Å². The molecule has 2 aromatic rings. The van der Waals surface area contributed by atoms with Gasteiger partial charge < -0.3 is 20.1 Å². The Kier molecular flexibility index (Phi) is 8.75. The summed E-state index contributed by atoms with van der Waals surface area (Å²) in [7, 11) is -7.57. The summed E-state index contributed by atoms with van der Waals surface area (Å²) in [6, 6.07) is 8.73. The number of anilines is 2. The summed E-state index contributed by atoms with van der Waals surface area (Å²) >= 11 is 17.9. The number of thiocarbonyl (C=S) groups is 1. The zero-order valence-electron chi connectivity index (χ0n) is 18.9. The van der Waals surface area contributed by atoms with Crippen LogP contribution in [0.3, 0.4) is 0 Å². The molecular formula is C21H24Cl2N4O6S3. The lowest BCUT2D eigenvalue weighted by Gasteiger charge is -2.26. The number of rotatable bonds is 6. The monoisotopic (exact) mass is 594 g/mol. The predicted molar refractivity (Wildman–Crippen MR) is 142 cm³/mol. The first-order chi connectivity index (χ1) is 17.1. The summed E-state index contributed by atoms with van der Waals surface area (Å²) in [5, 5.41) is 6.20. The van der Waals surface area contributed by atoms with Gasteiger partial charge in [-0.25, -0.2) is 16.8 Å². The molecule has 0 aliphatic carbocycles. The smallest absolute Gasteiger partial charge is 0.244 e. The SMILES string of the molecule is O=S(=O)(c1ccc(Cl)c(NC(=S)Nc2ccc(Cl)c(S(=O)(=O)N3CCOCC3)c2)c1)N1CCOCC1. The quantitative estimate of drug-likeness (QED) is 0.487. The molecule has 4 rings (SSSR count). The Morgan fingerprint density at radius 2 is 1.33 bits per heavy atom. The number of morpholine rings is 2. The Labute approximate surface area is 225 Å². The normalized spacial score (nSPS) is 18.1. The molecule has 196 valence electrons. The maximum atomic E-state index is 13.1. The third-order valence-corrected chi connectivity index (χ3v) is 10.4. The van der Waals surface area contributed by atoms with Crippen LogP contribution in [0.25, 0.3) is 0 Å². The number of sulfonamides is 2. The van der Waals surface area contributed by atoms with E-state index < -0.39 is 20.0 Å². The lowest BCUT2D eigenvalue weighted by Crippen LogP contribution is -2.40. The Morgan fingerprint density at radius 3 is 1.94 bits per heavy atom. The number of nitrogens with one attached hydrogen (secondary N) is 2. The van der Waals surface area contributed by atoms with Crippen molar-refractivity contribution in [3.8, 4) is 0 Å². The van der Waals surface area contributed by atoms with E-state index in [1.807, 2.05) is 0 Å². The number of benzene rings is 2. The van der Waals surface area contributed by atoms with Crippen LogP contribution >= 0.6 is 35.4 Å². The van der Waals surface area contributed by atoms with Gasteiger partial charge in [0, 0.05) is 31.9 Å². The van der Waals surface area contributed by atoms with Crippen molar-refractivity contribution in [3.63, 3.8) is 0 Å². The summed E-state index contributed by atoms with van der Waals surface area (Å²) in [4.78, 5) is -0.0000142. The molecule has 0 saturated carbocycles. The van der Waals surface area contributed by atoms with E-state index in [9.17, 15) is 16.8 Å². The molecule has 0 amide bonds. The van der Waals surface area contributed by atoms with Crippen LogP contribution in [0.15, 0.2) is 46.2 Å². The molecule has 15 heteroatoms. The van der Waals surface area contributed by atoms with Crippen LogP contribution in [-0.4, -0.2) is 83.2 Å². The molecule has 10 nitrogen and oxygen atoms in total. The topological polar surface area (TPSA) is 117 Å². The third-order valence-electron chi connectivity index (χ3n) is 5.57. The fraction of sp³-hybridized carbons (Fsp3) is 0.381. The summed E-state index contributed by atoms with van der Waals surface area (Å²) < 4.78 is 65.3. The van der Waals surface area contributed by atoms with Crippen molar-refractivity contribution >= 4 is 72.0 Å². The number of halogens is 2. The van der Waals surface area contributed by atoms with Crippen LogP contribution in [0.4, 0.5) is 11.4 Å². The zero-order valence-corrected chi connectivity index (χ0v) is 22.9. The molecule has 2 aromatic carbocycles. The summed E-state index contributed by atoms with van der Waals surface area (Å²) in [5.41, 5.74) is 0.649. The Morgan fingerprint density at radius 1 is 0.778 bits per heavy atom. The van der Waals surface area contributed by atoms with Crippen molar-refractivity contribution in [2.24, 2.45) is 0 Å². The molecule has 0 spiro atoms. The Bertz CT molecular complexity index is 1350. The van der Waals surface area contributed by atoms with Crippen LogP contribution in [0.5, 0.6) is 0 Å². The van der Waals surface area contributed by atoms with E-state index in [-0.39, 0.29) is 56.8 Å². The Hall–Kier alpha value is -1.55. The van der Waals surface area contributed by atoms with Crippen molar-refractivity contribution in [3.05, 3.63) is 46.4 Å². The van der Waals surface area contributed by atoms with E-state index in [4.69, 9.17) is 44.9 Å². The van der Waals surface area contributed by atoms with Crippen LogP contribution in [0.1, 0.15) is 0 Å². The van der Waals surface area contributed by atoms with Crippen LogP contribution in [0, 0.1) is 0 Å². The van der Waals surface area contributed by atoms with E-state index in [1.54, 1.807) is 6.07 Å². The van der Waals surface area contributed by atoms with E-state index in [0.29, 0.717) is 32.1 Å².